The van der Waals surface area contributed by atoms with Gasteiger partial charge in [-0.25, -0.2) is 39.0 Å². The lowest BCUT2D eigenvalue weighted by molar-refractivity contribution is -0.143. The van der Waals surface area contributed by atoms with Crippen molar-refractivity contribution >= 4 is 146 Å². The molecule has 10 atom stereocenters. The number of fused-ring (bicyclic) bond motifs is 2. The Labute approximate surface area is 750 Å². The van der Waals surface area contributed by atoms with Gasteiger partial charge in [-0.05, 0) is 158 Å². The van der Waals surface area contributed by atoms with Gasteiger partial charge in [-0.1, -0.05) is 101 Å². The number of para-hydroxylation sites is 1. The first-order chi connectivity index (χ1) is 59.6. The monoisotopic (exact) mass is 1850 g/mol. The van der Waals surface area contributed by atoms with Gasteiger partial charge in [0.15, 0.2) is 10.3 Å². The van der Waals surface area contributed by atoms with Crippen molar-refractivity contribution in [3.63, 3.8) is 0 Å². The highest BCUT2D eigenvalue weighted by atomic mass is 35.5. The fraction of sp³-hybridized carbons (Fsp3) is 0.517. The van der Waals surface area contributed by atoms with Crippen LogP contribution in [0.25, 0.3) is 44.6 Å². The number of anilines is 2. The third kappa shape index (κ3) is 22.0. The largest absolute Gasteiger partial charge is 0.495 e. The molecular formula is C87H108Cl2N14O19S4. The Morgan fingerprint density at radius 1 is 0.548 bits per heavy atom. The maximum Gasteiger partial charge on any atom is 0.409 e. The molecule has 0 bridgehead atoms. The van der Waals surface area contributed by atoms with Crippen molar-refractivity contribution in [3.05, 3.63) is 118 Å². The Morgan fingerprint density at radius 2 is 0.976 bits per heavy atom. The zero-order valence-electron chi connectivity index (χ0n) is 72.2. The lowest BCUT2D eigenvalue weighted by Gasteiger charge is -2.35. The molecule has 2 saturated heterocycles. The molecule has 3 unspecified atom stereocenters. The molecule has 39 heteroatoms. The molecule has 0 radical (unpaired) electrons. The van der Waals surface area contributed by atoms with Crippen LogP contribution in [0.15, 0.2) is 103 Å². The predicted octanol–water partition coefficient (Wildman–Crippen LogP) is 12.9. The van der Waals surface area contributed by atoms with Gasteiger partial charge in [-0.2, -0.15) is 16.8 Å². The standard InChI is InChI=1S/C45H54ClN7O10S2.C42H54ClN7O9S2/c1-8-26-22-45(26,41(56)52-65(58,59)63-28-16-10-9-11-17-28)51-39(54)33-20-29(23-53(33)40(55)38(44(4,5)6)50-43(57)62-27-14-12-13-15-27)61-35-21-31(32-24-64-42(49-32)47-25(2)3)48-37-30(35)18-19-34(60-7)36(37)46;1-8-24-19-42(24,38(53)49-61(55,56)59-26-14-15-26)48-36(51)31-17-27(20-50(31)37(52)35(41(5,6)7)47-40(54)58-25-11-9-10-12-25)57-32-18-29(30-21-60-39(46-30)44-22(2)3)45-34-28(32)16-13-23(4)33(34)43/h8-11,16-19,21,24-27,29,33,38H,1,12-15,20,22-23H2,2-7H3,(H,47,49)(H,50,57)(H,51,54)(H,52,56);8,13,16,18,21-22,24-27,31,35H,1,9-12,14-15,17,19-20H2,2-7H3,(H,44,46)(H,47,54)(H,48,51)(H,49,53)/t26-,29?,33+,38-,45-;24?,27?,31-,35+,42+/m10/s1. The summed E-state index contributed by atoms with van der Waals surface area (Å²) in [7, 11) is -7.65. The molecule has 3 aromatic carbocycles. The van der Waals surface area contributed by atoms with E-state index in [-0.39, 0.29) is 73.8 Å². The summed E-state index contributed by atoms with van der Waals surface area (Å²) < 4.78 is 95.8. The number of amides is 8. The topological polar surface area (TPSA) is 424 Å². The molecule has 0 spiro atoms. The number of carbonyl (C=O) groups excluding carboxylic acids is 8. The quantitative estimate of drug-likeness (QED) is 0.0187. The maximum absolute atomic E-state index is 14.9. The number of methoxy groups -OCH3 is 1. The fourth-order valence-corrected chi connectivity index (χ4v) is 20.0. The van der Waals surface area contributed by atoms with Gasteiger partial charge >= 0.3 is 32.8 Å². The van der Waals surface area contributed by atoms with Crippen LogP contribution < -0.4 is 59.7 Å². The minimum absolute atomic E-state index is 0.0235. The summed E-state index contributed by atoms with van der Waals surface area (Å²) in [5, 5.41) is 24.6. The molecule has 7 aliphatic rings. The number of carbonyl (C=O) groups is 8. The van der Waals surface area contributed by atoms with Gasteiger partial charge in [0.05, 0.1) is 53.7 Å². The van der Waals surface area contributed by atoms with Crippen LogP contribution in [-0.4, -0.2) is 192 Å². The van der Waals surface area contributed by atoms with Crippen molar-refractivity contribution in [2.75, 3.05) is 30.8 Å². The summed E-state index contributed by atoms with van der Waals surface area (Å²) in [4.78, 5) is 135. The minimum atomic E-state index is -4.68. The van der Waals surface area contributed by atoms with Crippen LogP contribution in [0, 0.1) is 29.6 Å². The summed E-state index contributed by atoms with van der Waals surface area (Å²) in [6, 6.07) is 13.7. The van der Waals surface area contributed by atoms with Crippen molar-refractivity contribution in [3.8, 4) is 45.8 Å². The van der Waals surface area contributed by atoms with Gasteiger partial charge in [0, 0.05) is 70.4 Å². The van der Waals surface area contributed by atoms with E-state index in [4.69, 9.17) is 75.2 Å². The fourth-order valence-electron chi connectivity index (χ4n) is 16.0. The number of benzene rings is 3. The molecule has 4 aromatic heterocycles. The highest BCUT2D eigenvalue weighted by Crippen LogP contribution is 2.48. The van der Waals surface area contributed by atoms with Crippen LogP contribution >= 0.6 is 45.9 Å². The number of rotatable bonds is 31. The number of nitrogens with zero attached hydrogens (tertiary/aromatic N) is 6. The molecule has 14 rings (SSSR count). The van der Waals surface area contributed by atoms with Crippen LogP contribution in [0.2, 0.25) is 10.0 Å². The predicted molar refractivity (Wildman–Crippen MR) is 477 cm³/mol. The van der Waals surface area contributed by atoms with Crippen molar-refractivity contribution in [1.82, 2.24) is 60.4 Å². The lowest BCUT2D eigenvalue weighted by Crippen LogP contribution is -2.60. The molecule has 2 aliphatic heterocycles. The molecule has 126 heavy (non-hydrogen) atoms. The van der Waals surface area contributed by atoms with Gasteiger partial charge in [0.2, 0.25) is 23.6 Å². The molecule has 33 nitrogen and oxygen atoms in total. The van der Waals surface area contributed by atoms with E-state index < -0.39 is 144 Å². The average Bonchev–Trinajstić information content (AvgIpc) is 1.59. The third-order valence-electron chi connectivity index (χ3n) is 23.0. The second-order valence-electron chi connectivity index (χ2n) is 35.7. The van der Waals surface area contributed by atoms with E-state index in [2.05, 4.69) is 45.1 Å². The Kier molecular flexibility index (Phi) is 28.2. The number of nitrogens with one attached hydrogen (secondary N) is 8. The van der Waals surface area contributed by atoms with Crippen molar-refractivity contribution < 1.29 is 87.2 Å². The number of aryl methyl sites for hydroxylation is 1. The van der Waals surface area contributed by atoms with Crippen LogP contribution in [0.3, 0.4) is 0 Å². The number of likely N-dealkylation sites (tertiary alicyclic amines) is 2. The highest BCUT2D eigenvalue weighted by molar-refractivity contribution is 7.85. The molecular weight excluding hydrogens is 1740 g/mol. The number of thiazole rings is 2. The summed E-state index contributed by atoms with van der Waals surface area (Å²) in [5.74, 6) is -4.84. The van der Waals surface area contributed by atoms with Gasteiger partial charge in [-0.3, -0.25) is 33.0 Å². The minimum Gasteiger partial charge on any atom is -0.495 e. The van der Waals surface area contributed by atoms with E-state index >= 15 is 0 Å². The molecule has 8 amide bonds. The van der Waals surface area contributed by atoms with Crippen LogP contribution in [0.1, 0.15) is 165 Å². The Bertz CT molecular complexity index is 5560. The maximum atomic E-state index is 14.9. The Balaban J connectivity index is 0.000000216. The van der Waals surface area contributed by atoms with Gasteiger partial charge in [-0.15, -0.1) is 35.8 Å². The average molecular weight is 1850 g/mol. The number of halogens is 2. The van der Waals surface area contributed by atoms with Crippen molar-refractivity contribution in [2.45, 2.75) is 244 Å². The Morgan fingerprint density at radius 3 is 1.38 bits per heavy atom. The Hall–Kier alpha value is -10.2. The number of pyridine rings is 2. The molecule has 678 valence electrons. The summed E-state index contributed by atoms with van der Waals surface area (Å²) in [5.41, 5.74) is -1.38. The first-order valence-corrected chi connectivity index (χ1v) is 47.5. The first-order valence-electron chi connectivity index (χ1n) is 42.1. The summed E-state index contributed by atoms with van der Waals surface area (Å²) in [6.45, 7) is 28.0. The number of aromatic nitrogens is 4. The summed E-state index contributed by atoms with van der Waals surface area (Å²) in [6.07, 6.45) is 6.51. The van der Waals surface area contributed by atoms with Gasteiger partial charge in [0.25, 0.3) is 11.8 Å². The summed E-state index contributed by atoms with van der Waals surface area (Å²) >= 11 is 16.5. The number of alkyl carbamates (subject to hydrolysis) is 2. The zero-order valence-corrected chi connectivity index (χ0v) is 77.0. The van der Waals surface area contributed by atoms with Crippen LogP contribution in [0.4, 0.5) is 19.9 Å². The van der Waals surface area contributed by atoms with Crippen LogP contribution in [0.5, 0.6) is 23.0 Å². The van der Waals surface area contributed by atoms with Crippen molar-refractivity contribution in [2.24, 2.45) is 22.7 Å². The molecule has 8 N–H and O–H groups in total. The van der Waals surface area contributed by atoms with E-state index in [0.29, 0.717) is 90.0 Å². The zero-order chi connectivity index (χ0) is 90.9. The molecule has 7 fully saturated rings. The third-order valence-corrected chi connectivity index (χ3v) is 27.2. The second-order valence-corrected chi connectivity index (χ2v) is 40.8. The molecule has 5 aliphatic carbocycles. The van der Waals surface area contributed by atoms with Gasteiger partial charge < -0.3 is 69.6 Å². The van der Waals surface area contributed by atoms with Crippen LogP contribution in [-0.2, 0) is 63.0 Å². The number of ether oxygens (including phenoxy) is 5. The first kappa shape index (κ1) is 93.5. The number of hydrogen-bond acceptors (Lipinski definition) is 27. The van der Waals surface area contributed by atoms with E-state index in [0.717, 1.165) is 56.9 Å². The number of hydrogen-bond donors (Lipinski definition) is 8. The lowest BCUT2D eigenvalue weighted by atomic mass is 9.85. The molecule has 6 heterocycles. The van der Waals surface area contributed by atoms with E-state index in [1.54, 1.807) is 84.0 Å². The molecule has 7 aromatic rings. The SMILES string of the molecule is C=CC1C[C@]1(NC(=O)[C@@H]1CC(Oc2cc(-c3csc(NC(C)C)n3)nc3c(Cl)c(C)ccc23)CN1C(=O)[C@@H](NC(=O)OC1CCCC1)C(C)(C)C)C(=O)NS(=O)(=O)OC1CC1.C=C[C@@H]1C[C@]1(NC(=O)[C@@H]1CC(Oc2cc(-c3csc(NC(C)C)n3)nc3c(Cl)c(OC)ccc23)CN1C(=O)[C@@H](NC(=O)OC1CCCC1)C(C)(C)C)C(=O)NS(=O)(=O)Oc1ccccc1. The van der Waals surface area contributed by atoms with E-state index in [9.17, 15) is 55.2 Å². The van der Waals surface area contributed by atoms with E-state index in [1.807, 2.05) is 67.0 Å². The smallest absolute Gasteiger partial charge is 0.409 e. The highest BCUT2D eigenvalue weighted by Gasteiger charge is 2.64. The van der Waals surface area contributed by atoms with E-state index in [1.165, 1.54) is 63.9 Å². The second kappa shape index (κ2) is 38.0. The van der Waals surface area contributed by atoms with Crippen molar-refractivity contribution in [1.29, 1.82) is 0 Å². The van der Waals surface area contributed by atoms with Gasteiger partial charge in [0.1, 0.15) is 99.1 Å². The molecule has 5 saturated carbocycles. The normalized spacial score (nSPS) is 22.3.